The minimum atomic E-state index is -3.53. The first-order valence-corrected chi connectivity index (χ1v) is 10.2. The number of rotatable bonds is 7. The van der Waals surface area contributed by atoms with Crippen LogP contribution in [0.1, 0.15) is 5.56 Å². The van der Waals surface area contributed by atoms with E-state index >= 15 is 0 Å². The van der Waals surface area contributed by atoms with Crippen LogP contribution >= 0.6 is 27.7 Å². The van der Waals surface area contributed by atoms with Crippen LogP contribution in [0.3, 0.4) is 0 Å². The van der Waals surface area contributed by atoms with Crippen molar-refractivity contribution in [2.45, 2.75) is 11.3 Å². The van der Waals surface area contributed by atoms with Gasteiger partial charge in [0.1, 0.15) is 0 Å². The Labute approximate surface area is 148 Å². The Morgan fingerprint density at radius 3 is 2.35 bits per heavy atom. The summed E-state index contributed by atoms with van der Waals surface area (Å²) in [6.07, 6.45) is 0.352. The molecule has 4 nitrogen and oxygen atoms in total. The zero-order chi connectivity index (χ0) is 16.7. The van der Waals surface area contributed by atoms with Gasteiger partial charge >= 0.3 is 0 Å². The molecule has 0 saturated heterocycles. The monoisotopic (exact) mass is 413 g/mol. The molecule has 1 N–H and O–H groups in total. The third-order valence-electron chi connectivity index (χ3n) is 2.97. The number of hydrogen-bond acceptors (Lipinski definition) is 4. The molecular weight excluding hydrogens is 398 g/mol. The Morgan fingerprint density at radius 1 is 1.04 bits per heavy atom. The highest BCUT2D eigenvalue weighted by molar-refractivity contribution is 9.10. The molecule has 0 bridgehead atoms. The zero-order valence-corrected chi connectivity index (χ0v) is 15.5. The van der Waals surface area contributed by atoms with Gasteiger partial charge in [-0.2, -0.15) is 0 Å². The SMILES string of the molecule is O=C(Cc1ccccc1)SCCNS(=O)(=O)c1ccc(Br)cc1. The summed E-state index contributed by atoms with van der Waals surface area (Å²) in [5.74, 6) is 0.404. The number of hydrogen-bond donors (Lipinski definition) is 1. The standard InChI is InChI=1S/C16H16BrNO3S2/c17-14-6-8-15(9-7-14)23(20,21)18-10-11-22-16(19)12-13-4-2-1-3-5-13/h1-9,18H,10-12H2. The van der Waals surface area contributed by atoms with E-state index < -0.39 is 10.0 Å². The Morgan fingerprint density at radius 2 is 1.70 bits per heavy atom. The molecule has 0 aliphatic rings. The van der Waals surface area contributed by atoms with Crippen molar-refractivity contribution in [1.29, 1.82) is 0 Å². The van der Waals surface area contributed by atoms with Gasteiger partial charge in [0.15, 0.2) is 5.12 Å². The van der Waals surface area contributed by atoms with E-state index in [2.05, 4.69) is 20.7 Å². The molecule has 7 heteroatoms. The number of carbonyl (C=O) groups excluding carboxylic acids is 1. The highest BCUT2D eigenvalue weighted by Gasteiger charge is 2.13. The number of nitrogens with one attached hydrogen (secondary N) is 1. The van der Waals surface area contributed by atoms with E-state index in [1.807, 2.05) is 30.3 Å². The molecule has 2 rings (SSSR count). The van der Waals surface area contributed by atoms with Crippen LogP contribution < -0.4 is 4.72 Å². The van der Waals surface area contributed by atoms with E-state index in [0.29, 0.717) is 12.2 Å². The maximum atomic E-state index is 12.1. The van der Waals surface area contributed by atoms with E-state index in [9.17, 15) is 13.2 Å². The van der Waals surface area contributed by atoms with Crippen LogP contribution in [0.2, 0.25) is 0 Å². The van der Waals surface area contributed by atoms with Gasteiger partial charge in [-0.15, -0.1) is 0 Å². The van der Waals surface area contributed by atoms with Gasteiger partial charge in [-0.25, -0.2) is 13.1 Å². The topological polar surface area (TPSA) is 63.2 Å². The molecule has 0 radical (unpaired) electrons. The Bertz CT molecular complexity index is 747. The van der Waals surface area contributed by atoms with Crippen molar-refractivity contribution in [3.05, 3.63) is 64.6 Å². The third-order valence-corrected chi connectivity index (χ3v) is 5.85. The van der Waals surface area contributed by atoms with Gasteiger partial charge in [0, 0.05) is 23.2 Å². The molecule has 2 aromatic carbocycles. The Balaban J connectivity index is 1.76. The highest BCUT2D eigenvalue weighted by atomic mass is 79.9. The van der Waals surface area contributed by atoms with Crippen molar-refractivity contribution in [3.63, 3.8) is 0 Å². The first-order valence-electron chi connectivity index (χ1n) is 6.92. The van der Waals surface area contributed by atoms with Crippen LogP contribution in [0.15, 0.2) is 64.0 Å². The van der Waals surface area contributed by atoms with E-state index in [-0.39, 0.29) is 16.6 Å². The van der Waals surface area contributed by atoms with Crippen LogP contribution in [-0.2, 0) is 21.2 Å². The van der Waals surface area contributed by atoms with Crippen LogP contribution in [-0.4, -0.2) is 25.8 Å². The lowest BCUT2D eigenvalue weighted by Gasteiger charge is -2.06. The van der Waals surface area contributed by atoms with Crippen molar-refractivity contribution in [3.8, 4) is 0 Å². The molecule has 0 unspecified atom stereocenters. The maximum Gasteiger partial charge on any atom is 0.240 e. The summed E-state index contributed by atoms with van der Waals surface area (Å²) >= 11 is 4.40. The molecule has 0 saturated carbocycles. The van der Waals surface area contributed by atoms with Crippen molar-refractivity contribution >= 4 is 42.8 Å². The molecule has 0 aliphatic carbocycles. The fraction of sp³-hybridized carbons (Fsp3) is 0.188. The van der Waals surface area contributed by atoms with Crippen molar-refractivity contribution < 1.29 is 13.2 Å². The zero-order valence-electron chi connectivity index (χ0n) is 12.2. The summed E-state index contributed by atoms with van der Waals surface area (Å²) in [5, 5.41) is 0.0269. The molecule has 0 spiro atoms. The number of benzene rings is 2. The summed E-state index contributed by atoms with van der Waals surface area (Å²) < 4.78 is 27.4. The summed E-state index contributed by atoms with van der Waals surface area (Å²) in [6, 6.07) is 15.9. The van der Waals surface area contributed by atoms with Gasteiger partial charge in [-0.05, 0) is 29.8 Å². The highest BCUT2D eigenvalue weighted by Crippen LogP contribution is 2.14. The second-order valence-electron chi connectivity index (χ2n) is 4.73. The second-order valence-corrected chi connectivity index (χ2v) is 8.57. The lowest BCUT2D eigenvalue weighted by molar-refractivity contribution is -0.110. The third kappa shape index (κ3) is 6.10. The first-order chi connectivity index (χ1) is 11.0. The molecule has 122 valence electrons. The fourth-order valence-electron chi connectivity index (χ4n) is 1.85. The molecule has 2 aromatic rings. The summed E-state index contributed by atoms with van der Waals surface area (Å²) in [7, 11) is -3.53. The van der Waals surface area contributed by atoms with Crippen molar-refractivity contribution in [2.24, 2.45) is 0 Å². The average Bonchev–Trinajstić information content (AvgIpc) is 2.53. The van der Waals surface area contributed by atoms with Crippen LogP contribution in [0.5, 0.6) is 0 Å². The molecule has 0 aliphatic heterocycles. The van der Waals surface area contributed by atoms with Crippen LogP contribution in [0.4, 0.5) is 0 Å². The molecule has 0 atom stereocenters. The molecule has 23 heavy (non-hydrogen) atoms. The smallest absolute Gasteiger partial charge is 0.240 e. The van der Waals surface area contributed by atoms with Crippen molar-refractivity contribution in [2.75, 3.05) is 12.3 Å². The Kier molecular flexibility index (Phi) is 6.83. The summed E-state index contributed by atoms with van der Waals surface area (Å²) in [5.41, 5.74) is 0.959. The van der Waals surface area contributed by atoms with Crippen molar-refractivity contribution in [1.82, 2.24) is 4.72 Å². The van der Waals surface area contributed by atoms with E-state index in [0.717, 1.165) is 21.8 Å². The number of sulfonamides is 1. The van der Waals surface area contributed by atoms with Gasteiger partial charge in [-0.3, -0.25) is 4.79 Å². The summed E-state index contributed by atoms with van der Waals surface area (Å²) in [6.45, 7) is 0.212. The van der Waals surface area contributed by atoms with Crippen LogP contribution in [0.25, 0.3) is 0 Å². The van der Waals surface area contributed by atoms with E-state index in [4.69, 9.17) is 0 Å². The average molecular weight is 414 g/mol. The van der Waals surface area contributed by atoms with E-state index in [1.165, 1.54) is 12.1 Å². The quantitative estimate of drug-likeness (QED) is 0.707. The predicted octanol–water partition coefficient (Wildman–Crippen LogP) is 3.23. The summed E-state index contributed by atoms with van der Waals surface area (Å²) in [4.78, 5) is 12.0. The number of halogens is 1. The van der Waals surface area contributed by atoms with Gasteiger partial charge < -0.3 is 0 Å². The van der Waals surface area contributed by atoms with Gasteiger partial charge in [-0.1, -0.05) is 58.0 Å². The molecule has 0 heterocycles. The maximum absolute atomic E-state index is 12.1. The molecule has 0 amide bonds. The lowest BCUT2D eigenvalue weighted by atomic mass is 10.2. The van der Waals surface area contributed by atoms with Gasteiger partial charge in [0.2, 0.25) is 10.0 Å². The Hall–Kier alpha value is -1.15. The fourth-order valence-corrected chi connectivity index (χ4v) is 3.98. The minimum absolute atomic E-state index is 0.0269. The van der Waals surface area contributed by atoms with Gasteiger partial charge in [0.05, 0.1) is 4.90 Å². The normalized spacial score (nSPS) is 11.3. The van der Waals surface area contributed by atoms with Gasteiger partial charge in [0.25, 0.3) is 0 Å². The first kappa shape index (κ1) is 18.2. The second kappa shape index (κ2) is 8.63. The van der Waals surface area contributed by atoms with Crippen LogP contribution in [0, 0.1) is 0 Å². The lowest BCUT2D eigenvalue weighted by Crippen LogP contribution is -2.26. The molecule has 0 fully saturated rings. The molecule has 0 aromatic heterocycles. The molecular formula is C16H16BrNO3S2. The minimum Gasteiger partial charge on any atom is -0.287 e. The van der Waals surface area contributed by atoms with E-state index in [1.54, 1.807) is 12.1 Å². The predicted molar refractivity (Wildman–Crippen MR) is 96.9 cm³/mol. The number of carbonyl (C=O) groups is 1. The largest absolute Gasteiger partial charge is 0.287 e. The number of thioether (sulfide) groups is 1.